The first kappa shape index (κ1) is 29.1. The lowest BCUT2D eigenvalue weighted by atomic mass is 9.85. The fraction of sp³-hybridized carbons (Fsp3) is 0.400. The monoisotopic (exact) mass is 556 g/mol. The predicted octanol–water partition coefficient (Wildman–Crippen LogP) is 4.69. The van der Waals surface area contributed by atoms with Crippen molar-refractivity contribution in [2.45, 2.75) is 50.6 Å². The standard InChI is InChI=1S/C25H27F3N6O.2ClH/c1-24(2,3)16-6-4-5-14-7-9-18(30-21(14)16)23-32-31-20-10-8-15(11-34(20)23)22(25(26,27)28)33-12-17(29)19(35)13-33;;/h4-11,17,19,22,35H,12-13,29H2,1-3H3;2*1H/t17-,19+,22-;;/m1../s1. The number of aliphatic hydroxyl groups is 1. The molecule has 4 aromatic rings. The molecule has 37 heavy (non-hydrogen) atoms. The van der Waals surface area contributed by atoms with Gasteiger partial charge < -0.3 is 10.8 Å². The average molecular weight is 557 g/mol. The molecule has 5 rings (SSSR count). The van der Waals surface area contributed by atoms with Gasteiger partial charge in [0.05, 0.1) is 11.6 Å². The molecule has 0 radical (unpaired) electrons. The first-order chi connectivity index (χ1) is 16.4. The predicted molar refractivity (Wildman–Crippen MR) is 141 cm³/mol. The van der Waals surface area contributed by atoms with Crippen molar-refractivity contribution < 1.29 is 18.3 Å². The maximum Gasteiger partial charge on any atom is 0.408 e. The first-order valence-corrected chi connectivity index (χ1v) is 11.4. The van der Waals surface area contributed by atoms with Gasteiger partial charge in [-0.05, 0) is 28.7 Å². The first-order valence-electron chi connectivity index (χ1n) is 11.4. The Morgan fingerprint density at radius 3 is 2.35 bits per heavy atom. The van der Waals surface area contributed by atoms with E-state index in [4.69, 9.17) is 10.7 Å². The van der Waals surface area contributed by atoms with Crippen molar-refractivity contribution in [2.75, 3.05) is 13.1 Å². The molecule has 1 aliphatic heterocycles. The van der Waals surface area contributed by atoms with Gasteiger partial charge in [0.25, 0.3) is 0 Å². The maximum atomic E-state index is 14.2. The van der Waals surface area contributed by atoms with Crippen molar-refractivity contribution in [2.24, 2.45) is 5.73 Å². The zero-order chi connectivity index (χ0) is 25.1. The van der Waals surface area contributed by atoms with E-state index in [9.17, 15) is 18.3 Å². The number of nitrogens with two attached hydrogens (primary N) is 1. The van der Waals surface area contributed by atoms with E-state index in [1.165, 1.54) is 27.6 Å². The molecule has 12 heteroatoms. The van der Waals surface area contributed by atoms with Crippen LogP contribution in [0.3, 0.4) is 0 Å². The molecule has 1 aliphatic rings. The molecule has 0 amide bonds. The highest BCUT2D eigenvalue weighted by molar-refractivity contribution is 5.86. The Bertz CT molecular complexity index is 1390. The van der Waals surface area contributed by atoms with E-state index in [1.807, 2.05) is 24.3 Å². The topological polar surface area (TPSA) is 92.6 Å². The normalized spacial score (nSPS) is 19.6. The van der Waals surface area contributed by atoms with E-state index in [1.54, 1.807) is 6.07 Å². The number of likely N-dealkylation sites (tertiary alicyclic amines) is 1. The van der Waals surface area contributed by atoms with Gasteiger partial charge in [-0.15, -0.1) is 35.0 Å². The van der Waals surface area contributed by atoms with Crippen LogP contribution in [-0.2, 0) is 5.41 Å². The van der Waals surface area contributed by atoms with Crippen molar-refractivity contribution in [3.8, 4) is 11.5 Å². The van der Waals surface area contributed by atoms with Gasteiger partial charge in [-0.1, -0.05) is 51.1 Å². The molecule has 7 nitrogen and oxygen atoms in total. The number of pyridine rings is 2. The summed E-state index contributed by atoms with van der Waals surface area (Å²) in [6.07, 6.45) is -4.16. The second-order valence-electron chi connectivity index (χ2n) is 10.2. The zero-order valence-electron chi connectivity index (χ0n) is 20.5. The molecule has 1 saturated heterocycles. The largest absolute Gasteiger partial charge is 0.408 e. The molecular weight excluding hydrogens is 528 g/mol. The highest BCUT2D eigenvalue weighted by Gasteiger charge is 2.48. The summed E-state index contributed by atoms with van der Waals surface area (Å²) in [7, 11) is 0. The Balaban J connectivity index is 0.00000190. The van der Waals surface area contributed by atoms with Crippen molar-refractivity contribution in [1.29, 1.82) is 0 Å². The second-order valence-corrected chi connectivity index (χ2v) is 10.2. The summed E-state index contributed by atoms with van der Waals surface area (Å²) in [5.74, 6) is 0.353. The lowest BCUT2D eigenvalue weighted by Gasteiger charge is -2.29. The van der Waals surface area contributed by atoms with Gasteiger partial charge in [0.15, 0.2) is 11.5 Å². The Hall–Kier alpha value is -2.50. The second kappa shape index (κ2) is 10.3. The fourth-order valence-corrected chi connectivity index (χ4v) is 4.78. The number of alkyl halides is 3. The highest BCUT2D eigenvalue weighted by atomic mass is 35.5. The number of rotatable bonds is 3. The summed E-state index contributed by atoms with van der Waals surface area (Å²) in [6.45, 7) is 6.11. The summed E-state index contributed by atoms with van der Waals surface area (Å²) in [5, 5.41) is 19.3. The van der Waals surface area contributed by atoms with Crippen LogP contribution < -0.4 is 5.73 Å². The number of halogens is 5. The Morgan fingerprint density at radius 2 is 1.73 bits per heavy atom. The van der Waals surface area contributed by atoms with Crippen LogP contribution in [0.5, 0.6) is 0 Å². The molecule has 1 aromatic carbocycles. The molecule has 0 saturated carbocycles. The number of nitrogens with zero attached hydrogens (tertiary/aromatic N) is 5. The quantitative estimate of drug-likeness (QED) is 0.380. The van der Waals surface area contributed by atoms with E-state index in [0.717, 1.165) is 16.5 Å². The molecule has 1 fully saturated rings. The van der Waals surface area contributed by atoms with Crippen LogP contribution in [0.25, 0.3) is 28.1 Å². The van der Waals surface area contributed by atoms with E-state index >= 15 is 0 Å². The third-order valence-electron chi connectivity index (χ3n) is 6.53. The van der Waals surface area contributed by atoms with E-state index < -0.39 is 24.4 Å². The number of hydrogen-bond donors (Lipinski definition) is 2. The van der Waals surface area contributed by atoms with Gasteiger partial charge in [0.1, 0.15) is 11.7 Å². The Labute approximate surface area is 224 Å². The average Bonchev–Trinajstić information content (AvgIpc) is 3.34. The zero-order valence-corrected chi connectivity index (χ0v) is 22.1. The van der Waals surface area contributed by atoms with Gasteiger partial charge in [-0.25, -0.2) is 4.98 Å². The van der Waals surface area contributed by atoms with Crippen molar-refractivity contribution in [1.82, 2.24) is 24.5 Å². The summed E-state index contributed by atoms with van der Waals surface area (Å²) >= 11 is 0. The minimum absolute atomic E-state index is 0. The lowest BCUT2D eigenvalue weighted by Crippen LogP contribution is -2.38. The number of para-hydroxylation sites is 1. The fourth-order valence-electron chi connectivity index (χ4n) is 4.78. The van der Waals surface area contributed by atoms with E-state index in [-0.39, 0.29) is 48.9 Å². The van der Waals surface area contributed by atoms with Gasteiger partial charge in [0, 0.05) is 30.7 Å². The minimum Gasteiger partial charge on any atom is -0.390 e. The summed E-state index contributed by atoms with van der Waals surface area (Å²) in [4.78, 5) is 6.02. The van der Waals surface area contributed by atoms with Crippen LogP contribution in [0, 0.1) is 0 Å². The Morgan fingerprint density at radius 1 is 1.00 bits per heavy atom. The molecule has 200 valence electrons. The number of aromatic nitrogens is 4. The molecule has 0 unspecified atom stereocenters. The van der Waals surface area contributed by atoms with Crippen LogP contribution >= 0.6 is 24.8 Å². The number of hydrogen-bond acceptors (Lipinski definition) is 6. The summed E-state index contributed by atoms with van der Waals surface area (Å²) in [5.41, 5.74) is 8.47. The highest BCUT2D eigenvalue weighted by Crippen LogP contribution is 2.39. The van der Waals surface area contributed by atoms with Crippen molar-refractivity contribution in [3.05, 3.63) is 59.8 Å². The summed E-state index contributed by atoms with van der Waals surface area (Å²) < 4.78 is 44.1. The van der Waals surface area contributed by atoms with Crippen molar-refractivity contribution >= 4 is 41.4 Å². The van der Waals surface area contributed by atoms with Crippen LogP contribution in [0.2, 0.25) is 0 Å². The minimum atomic E-state index is -4.56. The third-order valence-corrected chi connectivity index (χ3v) is 6.53. The third kappa shape index (κ3) is 5.39. The van der Waals surface area contributed by atoms with Gasteiger partial charge >= 0.3 is 6.18 Å². The molecule has 0 aliphatic carbocycles. The molecule has 0 bridgehead atoms. The van der Waals surface area contributed by atoms with Crippen LogP contribution in [0.4, 0.5) is 13.2 Å². The number of benzene rings is 1. The number of aliphatic hydroxyl groups excluding tert-OH is 1. The number of β-amino-alcohol motifs (C(OH)–C–C–N with tert-alkyl or cyclic N) is 1. The molecule has 3 atom stereocenters. The Kier molecular flexibility index (Phi) is 8.12. The van der Waals surface area contributed by atoms with Crippen LogP contribution in [0.1, 0.15) is 37.9 Å². The molecule has 0 spiro atoms. The van der Waals surface area contributed by atoms with Gasteiger partial charge in [-0.3, -0.25) is 9.30 Å². The van der Waals surface area contributed by atoms with Crippen LogP contribution in [0.15, 0.2) is 48.7 Å². The van der Waals surface area contributed by atoms with E-state index in [0.29, 0.717) is 17.2 Å². The molecule has 3 N–H and O–H groups in total. The lowest BCUT2D eigenvalue weighted by molar-refractivity contribution is -0.184. The summed E-state index contributed by atoms with van der Waals surface area (Å²) in [6, 6.07) is 9.99. The maximum absolute atomic E-state index is 14.2. The molecule has 3 aromatic heterocycles. The molecular formula is C25H29Cl2F3N6O. The smallest absolute Gasteiger partial charge is 0.390 e. The van der Waals surface area contributed by atoms with Gasteiger partial charge in [0.2, 0.25) is 0 Å². The van der Waals surface area contributed by atoms with Crippen molar-refractivity contribution in [3.63, 3.8) is 0 Å². The SMILES string of the molecule is CC(C)(C)c1cccc2ccc(-c3nnc4ccc([C@@H](N5C[C@@H](N)[C@@H](O)C5)C(F)(F)F)cn34)nc12.Cl.Cl. The number of fused-ring (bicyclic) bond motifs is 2. The van der Waals surface area contributed by atoms with Crippen LogP contribution in [-0.4, -0.2) is 61.0 Å². The van der Waals surface area contributed by atoms with E-state index in [2.05, 4.69) is 31.0 Å². The molecule has 4 heterocycles. The van der Waals surface area contributed by atoms with Gasteiger partial charge in [-0.2, -0.15) is 13.2 Å².